The molecule has 0 saturated carbocycles. The molecule has 1 aromatic carbocycles. The first kappa shape index (κ1) is 24.5. The van der Waals surface area contributed by atoms with Gasteiger partial charge in [-0.3, -0.25) is 4.79 Å². The van der Waals surface area contributed by atoms with Crippen LogP contribution in [-0.2, 0) is 4.74 Å². The summed E-state index contributed by atoms with van der Waals surface area (Å²) in [5, 5.41) is 3.82. The average molecular weight is 512 g/mol. The highest BCUT2D eigenvalue weighted by Gasteiger charge is 2.25. The van der Waals surface area contributed by atoms with Crippen molar-refractivity contribution in [2.24, 2.45) is 0 Å². The van der Waals surface area contributed by atoms with Gasteiger partial charge in [0.2, 0.25) is 5.95 Å². The van der Waals surface area contributed by atoms with Crippen LogP contribution in [0, 0.1) is 12.7 Å². The molecule has 0 aliphatic carbocycles. The molecule has 11 heteroatoms. The molecule has 0 radical (unpaired) electrons. The van der Waals surface area contributed by atoms with Gasteiger partial charge in [0.05, 0.1) is 35.8 Å². The standard InChI is InChI=1S/C25H30FN7O2S/c1-16-15-33(5-4-31(16)3)22-11-20(26)19(10-21(22)30-24(34)23-14-27-17(2)36-23)18-12-28-25(29-13-18)32-6-8-35-9-7-32/h10-14,16H,4-9,15H2,1-3H3,(H,30,34)/t16-/m0/s1. The first-order chi connectivity index (χ1) is 17.4. The molecule has 2 aromatic heterocycles. The van der Waals surface area contributed by atoms with Crippen LogP contribution in [0.15, 0.2) is 30.7 Å². The highest BCUT2D eigenvalue weighted by atomic mass is 32.1. The summed E-state index contributed by atoms with van der Waals surface area (Å²) >= 11 is 1.32. The molecule has 9 nitrogen and oxygen atoms in total. The van der Waals surface area contributed by atoms with E-state index in [2.05, 4.69) is 44.0 Å². The number of aryl methyl sites for hydroxylation is 1. The van der Waals surface area contributed by atoms with Gasteiger partial charge in [-0.05, 0) is 33.0 Å². The van der Waals surface area contributed by atoms with Gasteiger partial charge in [0, 0.05) is 62.3 Å². The fraction of sp³-hybridized carbons (Fsp3) is 0.440. The number of benzene rings is 1. The molecule has 1 N–H and O–H groups in total. The van der Waals surface area contributed by atoms with Crippen LogP contribution in [0.5, 0.6) is 0 Å². The van der Waals surface area contributed by atoms with Crippen LogP contribution in [0.3, 0.4) is 0 Å². The molecule has 36 heavy (non-hydrogen) atoms. The van der Waals surface area contributed by atoms with Gasteiger partial charge in [0.1, 0.15) is 10.7 Å². The summed E-state index contributed by atoms with van der Waals surface area (Å²) in [5.41, 5.74) is 2.10. The number of anilines is 3. The molecule has 0 spiro atoms. The van der Waals surface area contributed by atoms with Crippen LogP contribution in [0.4, 0.5) is 21.7 Å². The zero-order valence-corrected chi connectivity index (χ0v) is 21.5. The molecule has 4 heterocycles. The number of nitrogens with zero attached hydrogens (tertiary/aromatic N) is 6. The van der Waals surface area contributed by atoms with Crippen molar-refractivity contribution in [2.45, 2.75) is 19.9 Å². The lowest BCUT2D eigenvalue weighted by Gasteiger charge is -2.39. The summed E-state index contributed by atoms with van der Waals surface area (Å²) in [7, 11) is 2.08. The third kappa shape index (κ3) is 5.18. The van der Waals surface area contributed by atoms with Crippen molar-refractivity contribution >= 4 is 34.6 Å². The van der Waals surface area contributed by atoms with Crippen molar-refractivity contribution in [3.63, 3.8) is 0 Å². The second-order valence-electron chi connectivity index (χ2n) is 9.19. The average Bonchev–Trinajstić information content (AvgIpc) is 3.33. The van der Waals surface area contributed by atoms with Gasteiger partial charge >= 0.3 is 0 Å². The van der Waals surface area contributed by atoms with Crippen LogP contribution >= 0.6 is 11.3 Å². The first-order valence-corrected chi connectivity index (χ1v) is 12.9. The Balaban J connectivity index is 1.48. The number of morpholine rings is 1. The lowest BCUT2D eigenvalue weighted by Crippen LogP contribution is -2.50. The Hall–Kier alpha value is -3.15. The minimum absolute atomic E-state index is 0.263. The lowest BCUT2D eigenvalue weighted by atomic mass is 10.0. The Labute approximate surface area is 213 Å². The molecule has 5 rings (SSSR count). The highest BCUT2D eigenvalue weighted by Crippen LogP contribution is 2.35. The number of carbonyl (C=O) groups excluding carboxylic acids is 1. The predicted molar refractivity (Wildman–Crippen MR) is 140 cm³/mol. The maximum absolute atomic E-state index is 15.5. The van der Waals surface area contributed by atoms with Crippen LogP contribution < -0.4 is 15.1 Å². The summed E-state index contributed by atoms with van der Waals surface area (Å²) in [6, 6.07) is 3.50. The minimum atomic E-state index is -0.383. The Kier molecular flexibility index (Phi) is 7.13. The van der Waals surface area contributed by atoms with Gasteiger partial charge in [0.15, 0.2) is 0 Å². The molecule has 1 atom stereocenters. The second-order valence-corrected chi connectivity index (χ2v) is 10.4. The molecular formula is C25H30FN7O2S. The zero-order chi connectivity index (χ0) is 25.2. The first-order valence-electron chi connectivity index (χ1n) is 12.1. The number of aromatic nitrogens is 3. The summed E-state index contributed by atoms with van der Waals surface area (Å²) < 4.78 is 20.9. The number of ether oxygens (including phenoxy) is 1. The van der Waals surface area contributed by atoms with E-state index in [0.717, 1.165) is 37.7 Å². The van der Waals surface area contributed by atoms with Crippen molar-refractivity contribution in [2.75, 3.05) is 68.1 Å². The van der Waals surface area contributed by atoms with Gasteiger partial charge in [-0.25, -0.2) is 19.3 Å². The molecule has 1 amide bonds. The number of carbonyl (C=O) groups is 1. The van der Waals surface area contributed by atoms with Crippen LogP contribution in [0.25, 0.3) is 11.1 Å². The van der Waals surface area contributed by atoms with E-state index in [4.69, 9.17) is 4.74 Å². The molecule has 2 aliphatic heterocycles. The van der Waals surface area contributed by atoms with Crippen LogP contribution in [0.2, 0.25) is 0 Å². The molecule has 2 saturated heterocycles. The molecule has 3 aromatic rings. The Bertz CT molecular complexity index is 1230. The van der Waals surface area contributed by atoms with Gasteiger partial charge in [-0.15, -0.1) is 11.3 Å². The number of hydrogen-bond donors (Lipinski definition) is 1. The lowest BCUT2D eigenvalue weighted by molar-refractivity contribution is 0.103. The normalized spacial score (nSPS) is 18.9. The van der Waals surface area contributed by atoms with Gasteiger partial charge in [-0.2, -0.15) is 0 Å². The van der Waals surface area contributed by atoms with Gasteiger partial charge in [-0.1, -0.05) is 0 Å². The molecule has 0 unspecified atom stereocenters. The number of rotatable bonds is 5. The SMILES string of the molecule is Cc1ncc(C(=O)Nc2cc(-c3cnc(N4CCOCC4)nc3)c(F)cc2N2CCN(C)[C@@H](C)C2)s1. The van der Waals surface area contributed by atoms with Crippen molar-refractivity contribution in [1.29, 1.82) is 0 Å². The summed E-state index contributed by atoms with van der Waals surface area (Å²) in [6.07, 6.45) is 4.83. The van der Waals surface area contributed by atoms with Crippen LogP contribution in [0.1, 0.15) is 21.6 Å². The predicted octanol–water partition coefficient (Wildman–Crippen LogP) is 3.28. The number of piperazine rings is 1. The molecule has 2 aliphatic rings. The smallest absolute Gasteiger partial charge is 0.267 e. The van der Waals surface area contributed by atoms with E-state index >= 15 is 4.39 Å². The van der Waals surface area contributed by atoms with Crippen LogP contribution in [-0.4, -0.2) is 84.8 Å². The molecule has 0 bridgehead atoms. The number of likely N-dealkylation sites (N-methyl/N-ethyl adjacent to an activating group) is 1. The quantitative estimate of drug-likeness (QED) is 0.559. The van der Waals surface area contributed by atoms with E-state index in [0.29, 0.717) is 52.6 Å². The van der Waals surface area contributed by atoms with E-state index in [9.17, 15) is 4.79 Å². The molecular weight excluding hydrogens is 481 g/mol. The fourth-order valence-corrected chi connectivity index (χ4v) is 5.12. The number of nitrogens with one attached hydrogen (secondary N) is 1. The maximum atomic E-state index is 15.5. The summed E-state index contributed by atoms with van der Waals surface area (Å²) in [6.45, 7) is 9.02. The topological polar surface area (TPSA) is 86.7 Å². The Morgan fingerprint density at radius 3 is 2.50 bits per heavy atom. The summed E-state index contributed by atoms with van der Waals surface area (Å²) in [4.78, 5) is 33.1. The largest absolute Gasteiger partial charge is 0.378 e. The van der Waals surface area contributed by atoms with E-state index in [1.807, 2.05) is 11.8 Å². The second kappa shape index (κ2) is 10.5. The maximum Gasteiger partial charge on any atom is 0.267 e. The zero-order valence-electron chi connectivity index (χ0n) is 20.7. The van der Waals surface area contributed by atoms with Crippen molar-refractivity contribution < 1.29 is 13.9 Å². The Morgan fingerprint density at radius 2 is 1.83 bits per heavy atom. The third-order valence-electron chi connectivity index (χ3n) is 6.72. The number of halogens is 1. The van der Waals surface area contributed by atoms with E-state index in [1.54, 1.807) is 24.7 Å². The summed E-state index contributed by atoms with van der Waals surface area (Å²) in [5.74, 6) is -0.0500. The molecule has 190 valence electrons. The van der Waals surface area contributed by atoms with Crippen molar-refractivity contribution in [3.8, 4) is 11.1 Å². The van der Waals surface area contributed by atoms with E-state index in [1.165, 1.54) is 17.4 Å². The number of thiazole rings is 1. The Morgan fingerprint density at radius 1 is 1.08 bits per heavy atom. The number of amides is 1. The fourth-order valence-electron chi connectivity index (χ4n) is 4.45. The molecule has 2 fully saturated rings. The number of hydrogen-bond acceptors (Lipinski definition) is 9. The highest BCUT2D eigenvalue weighted by molar-refractivity contribution is 7.13. The van der Waals surface area contributed by atoms with Gasteiger partial charge in [0.25, 0.3) is 5.91 Å². The van der Waals surface area contributed by atoms with Gasteiger partial charge < -0.3 is 24.8 Å². The van der Waals surface area contributed by atoms with E-state index < -0.39 is 0 Å². The van der Waals surface area contributed by atoms with Crippen molar-refractivity contribution in [3.05, 3.63) is 46.4 Å². The minimum Gasteiger partial charge on any atom is -0.378 e. The third-order valence-corrected chi connectivity index (χ3v) is 7.63. The van der Waals surface area contributed by atoms with Crippen molar-refractivity contribution in [1.82, 2.24) is 19.9 Å². The monoisotopic (exact) mass is 511 g/mol. The van der Waals surface area contributed by atoms with E-state index in [-0.39, 0.29) is 11.7 Å².